The van der Waals surface area contributed by atoms with Gasteiger partial charge in [0, 0.05) is 17.4 Å². The van der Waals surface area contributed by atoms with Crippen LogP contribution in [-0.4, -0.2) is 22.7 Å². The van der Waals surface area contributed by atoms with Crippen molar-refractivity contribution < 1.29 is 14.7 Å². The quantitative estimate of drug-likeness (QED) is 0.791. The maximum Gasteiger partial charge on any atom is 0.313 e. The zero-order valence-electron chi connectivity index (χ0n) is 11.7. The first kappa shape index (κ1) is 15.6. The van der Waals surface area contributed by atoms with Gasteiger partial charge in [-0.1, -0.05) is 24.3 Å². The molecule has 2 rings (SSSR count). The van der Waals surface area contributed by atoms with E-state index < -0.39 is 5.97 Å². The minimum absolute atomic E-state index is 0.0556. The Kier molecular flexibility index (Phi) is 5.87. The highest BCUT2D eigenvalue weighted by atomic mass is 32.2. The molecule has 0 radical (unpaired) electrons. The van der Waals surface area contributed by atoms with Gasteiger partial charge in [0.1, 0.15) is 0 Å². The van der Waals surface area contributed by atoms with Gasteiger partial charge in [-0.3, -0.25) is 9.59 Å². The Balaban J connectivity index is 1.89. The summed E-state index contributed by atoms with van der Waals surface area (Å²) < 4.78 is 0. The maximum absolute atomic E-state index is 12.2. The predicted octanol–water partition coefficient (Wildman–Crippen LogP) is 3.30. The second-order valence-corrected chi connectivity index (χ2v) is 6.04. The summed E-state index contributed by atoms with van der Waals surface area (Å²) in [7, 11) is 0. The Hall–Kier alpha value is -1.75. The van der Waals surface area contributed by atoms with Gasteiger partial charge in [-0.15, -0.1) is 11.8 Å². The molecule has 0 aromatic heterocycles. The van der Waals surface area contributed by atoms with Crippen LogP contribution in [-0.2, 0) is 15.3 Å². The minimum atomic E-state index is -0.810. The van der Waals surface area contributed by atoms with E-state index in [4.69, 9.17) is 5.11 Å². The van der Waals surface area contributed by atoms with Crippen molar-refractivity contribution >= 4 is 29.3 Å². The minimum Gasteiger partial charge on any atom is -0.481 e. The lowest BCUT2D eigenvalue weighted by molar-refractivity contribution is -0.133. The number of hydrogen-bond acceptors (Lipinski definition) is 3. The predicted molar refractivity (Wildman–Crippen MR) is 85.4 cm³/mol. The van der Waals surface area contributed by atoms with Crippen LogP contribution in [0.25, 0.3) is 0 Å². The van der Waals surface area contributed by atoms with Crippen molar-refractivity contribution in [1.29, 1.82) is 0 Å². The molecule has 1 aliphatic rings. The van der Waals surface area contributed by atoms with E-state index in [9.17, 15) is 9.59 Å². The Bertz CT molecular complexity index is 542. The number of carboxylic acid groups (broad SMARTS) is 1. The third-order valence-electron chi connectivity index (χ3n) is 3.33. The van der Waals surface area contributed by atoms with Gasteiger partial charge < -0.3 is 10.4 Å². The van der Waals surface area contributed by atoms with Crippen LogP contribution in [0.2, 0.25) is 0 Å². The van der Waals surface area contributed by atoms with Gasteiger partial charge in [0.05, 0.1) is 5.75 Å². The van der Waals surface area contributed by atoms with Crippen molar-refractivity contribution in [1.82, 2.24) is 0 Å². The highest BCUT2D eigenvalue weighted by Crippen LogP contribution is 2.21. The maximum atomic E-state index is 12.2. The number of anilines is 1. The van der Waals surface area contributed by atoms with Crippen molar-refractivity contribution in [3.8, 4) is 0 Å². The Morgan fingerprint density at radius 1 is 1.33 bits per heavy atom. The van der Waals surface area contributed by atoms with Crippen LogP contribution in [0.15, 0.2) is 36.4 Å². The van der Waals surface area contributed by atoms with Crippen LogP contribution >= 0.6 is 11.8 Å². The monoisotopic (exact) mass is 305 g/mol. The Labute approximate surface area is 128 Å². The summed E-state index contributed by atoms with van der Waals surface area (Å²) in [6.45, 7) is 0. The number of hydrogen-bond donors (Lipinski definition) is 2. The summed E-state index contributed by atoms with van der Waals surface area (Å²) in [5.74, 6) is 0.0252. The van der Waals surface area contributed by atoms with E-state index in [1.54, 1.807) is 0 Å². The van der Waals surface area contributed by atoms with Crippen LogP contribution in [0.1, 0.15) is 24.8 Å². The lowest BCUT2D eigenvalue weighted by atomic mass is 9.93. The number of thioether (sulfide) groups is 1. The van der Waals surface area contributed by atoms with Crippen LogP contribution in [0.5, 0.6) is 0 Å². The zero-order valence-corrected chi connectivity index (χ0v) is 12.6. The lowest BCUT2D eigenvalue weighted by Crippen LogP contribution is -2.23. The molecule has 1 unspecified atom stereocenters. The highest BCUT2D eigenvalue weighted by Gasteiger charge is 2.18. The first-order valence-corrected chi connectivity index (χ1v) is 8.15. The fourth-order valence-corrected chi connectivity index (χ4v) is 2.96. The molecule has 1 amide bonds. The average molecular weight is 305 g/mol. The fraction of sp³-hybridized carbons (Fsp3) is 0.375. The van der Waals surface area contributed by atoms with Gasteiger partial charge in [-0.05, 0) is 37.0 Å². The number of carbonyl (C=O) groups excluding carboxylic acids is 1. The number of benzene rings is 1. The molecule has 0 saturated carbocycles. The molecule has 1 aromatic carbocycles. The van der Waals surface area contributed by atoms with E-state index in [0.29, 0.717) is 5.75 Å². The van der Waals surface area contributed by atoms with E-state index in [0.717, 1.165) is 30.5 Å². The third-order valence-corrected chi connectivity index (χ3v) is 4.32. The van der Waals surface area contributed by atoms with Gasteiger partial charge in [0.25, 0.3) is 0 Å². The molecule has 1 atom stereocenters. The molecule has 0 fully saturated rings. The number of nitrogens with one attached hydrogen (secondary N) is 1. The number of amides is 1. The van der Waals surface area contributed by atoms with E-state index in [-0.39, 0.29) is 17.6 Å². The number of carbonyl (C=O) groups is 2. The second kappa shape index (κ2) is 7.88. The Morgan fingerprint density at radius 2 is 2.19 bits per heavy atom. The van der Waals surface area contributed by atoms with Gasteiger partial charge in [-0.2, -0.15) is 0 Å². The fourth-order valence-electron chi connectivity index (χ4n) is 2.27. The molecular weight excluding hydrogens is 286 g/mol. The molecule has 1 aliphatic carbocycles. The van der Waals surface area contributed by atoms with Gasteiger partial charge in [0.2, 0.25) is 5.91 Å². The van der Waals surface area contributed by atoms with Crippen molar-refractivity contribution in [3.05, 3.63) is 42.0 Å². The van der Waals surface area contributed by atoms with Crippen molar-refractivity contribution in [2.75, 3.05) is 11.1 Å². The molecule has 0 saturated heterocycles. The number of rotatable bonds is 6. The normalized spacial score (nSPS) is 17.4. The molecule has 0 bridgehead atoms. The molecule has 0 aliphatic heterocycles. The van der Waals surface area contributed by atoms with Gasteiger partial charge in [0.15, 0.2) is 0 Å². The topological polar surface area (TPSA) is 66.4 Å². The van der Waals surface area contributed by atoms with Gasteiger partial charge >= 0.3 is 5.97 Å². The van der Waals surface area contributed by atoms with E-state index in [2.05, 4.69) is 17.5 Å². The van der Waals surface area contributed by atoms with E-state index in [1.807, 2.05) is 24.3 Å². The molecule has 0 spiro atoms. The average Bonchev–Trinajstić information content (AvgIpc) is 2.48. The molecular formula is C16H19NO3S. The third kappa shape index (κ3) is 5.27. The number of allylic oxidation sites excluding steroid dienone is 2. The first-order valence-electron chi connectivity index (χ1n) is 6.99. The summed E-state index contributed by atoms with van der Waals surface area (Å²) in [4.78, 5) is 22.6. The first-order chi connectivity index (χ1) is 10.1. The van der Waals surface area contributed by atoms with Crippen molar-refractivity contribution in [2.45, 2.75) is 25.0 Å². The van der Waals surface area contributed by atoms with Crippen molar-refractivity contribution in [2.24, 2.45) is 5.92 Å². The SMILES string of the molecule is O=C(O)CSCc1cccc(NC(=O)C2CC=CCC2)c1. The molecule has 21 heavy (non-hydrogen) atoms. The molecule has 0 heterocycles. The summed E-state index contributed by atoms with van der Waals surface area (Å²) in [5.41, 5.74) is 1.80. The number of carboxylic acids is 1. The standard InChI is InChI=1S/C16H19NO3S/c18-15(19)11-21-10-12-5-4-8-14(9-12)17-16(20)13-6-2-1-3-7-13/h1-2,4-5,8-9,13H,3,6-7,10-11H2,(H,17,20)(H,18,19). The smallest absolute Gasteiger partial charge is 0.313 e. The van der Waals surface area contributed by atoms with Crippen LogP contribution in [0, 0.1) is 5.92 Å². The summed E-state index contributed by atoms with van der Waals surface area (Å²) in [6.07, 6.45) is 6.84. The summed E-state index contributed by atoms with van der Waals surface area (Å²) in [6, 6.07) is 7.59. The molecule has 1 aromatic rings. The largest absolute Gasteiger partial charge is 0.481 e. The van der Waals surface area contributed by atoms with Crippen LogP contribution in [0.4, 0.5) is 5.69 Å². The van der Waals surface area contributed by atoms with E-state index in [1.165, 1.54) is 11.8 Å². The number of aliphatic carboxylic acids is 1. The van der Waals surface area contributed by atoms with Crippen molar-refractivity contribution in [3.63, 3.8) is 0 Å². The molecule has 112 valence electrons. The summed E-state index contributed by atoms with van der Waals surface area (Å²) >= 11 is 1.35. The van der Waals surface area contributed by atoms with Crippen LogP contribution in [0.3, 0.4) is 0 Å². The van der Waals surface area contributed by atoms with E-state index >= 15 is 0 Å². The lowest BCUT2D eigenvalue weighted by Gasteiger charge is -2.17. The molecule has 5 heteroatoms. The highest BCUT2D eigenvalue weighted by molar-refractivity contribution is 7.99. The van der Waals surface area contributed by atoms with Gasteiger partial charge in [-0.25, -0.2) is 0 Å². The zero-order chi connectivity index (χ0) is 15.1. The second-order valence-electron chi connectivity index (χ2n) is 5.06. The summed E-state index contributed by atoms with van der Waals surface area (Å²) in [5, 5.41) is 11.6. The van der Waals surface area contributed by atoms with Crippen LogP contribution < -0.4 is 5.32 Å². The molecule has 2 N–H and O–H groups in total. The molecule has 4 nitrogen and oxygen atoms in total. The Morgan fingerprint density at radius 3 is 2.90 bits per heavy atom.